The molecule has 0 bridgehead atoms. The van der Waals surface area contributed by atoms with Crippen LogP contribution in [0.1, 0.15) is 34.8 Å². The van der Waals surface area contributed by atoms with Crippen molar-refractivity contribution in [2.75, 3.05) is 32.6 Å². The first-order chi connectivity index (χ1) is 13.5. The molecule has 1 aliphatic heterocycles. The van der Waals surface area contributed by atoms with Crippen LogP contribution in [0.4, 0.5) is 5.69 Å². The number of methoxy groups -OCH3 is 2. The molecule has 7 heteroatoms. The van der Waals surface area contributed by atoms with Crippen LogP contribution in [-0.2, 0) is 4.79 Å². The molecule has 1 heterocycles. The summed E-state index contributed by atoms with van der Waals surface area (Å²) in [5, 5.41) is 2.87. The van der Waals surface area contributed by atoms with Crippen molar-refractivity contribution in [2.45, 2.75) is 18.9 Å². The molecule has 1 atom stereocenters. The average molecular weight is 383 g/mol. The lowest BCUT2D eigenvalue weighted by atomic mass is 10.0. The number of nitrogens with one attached hydrogen (secondary N) is 1. The van der Waals surface area contributed by atoms with Crippen molar-refractivity contribution in [1.82, 2.24) is 4.90 Å². The third-order valence-corrected chi connectivity index (χ3v) is 4.96. The number of amides is 2. The molecular formula is C21H25N3O4. The number of nitrogens with zero attached hydrogens (tertiary/aromatic N) is 1. The van der Waals surface area contributed by atoms with E-state index < -0.39 is 5.91 Å². The van der Waals surface area contributed by atoms with Gasteiger partial charge in [-0.05, 0) is 61.9 Å². The summed E-state index contributed by atoms with van der Waals surface area (Å²) in [6.07, 6.45) is 1.95. The van der Waals surface area contributed by atoms with Crippen LogP contribution >= 0.6 is 0 Å². The summed E-state index contributed by atoms with van der Waals surface area (Å²) in [5.74, 6) is 0.951. The molecule has 1 aliphatic rings. The van der Waals surface area contributed by atoms with Crippen LogP contribution in [0, 0.1) is 0 Å². The van der Waals surface area contributed by atoms with Gasteiger partial charge >= 0.3 is 0 Å². The van der Waals surface area contributed by atoms with Gasteiger partial charge in [-0.15, -0.1) is 0 Å². The maximum absolute atomic E-state index is 12.5. The van der Waals surface area contributed by atoms with Gasteiger partial charge in [0, 0.05) is 22.9 Å². The third-order valence-electron chi connectivity index (χ3n) is 4.96. The topological polar surface area (TPSA) is 93.9 Å². The Labute approximate surface area is 164 Å². The number of ether oxygens (including phenoxy) is 2. The molecule has 0 spiro atoms. The number of anilines is 1. The first-order valence-electron chi connectivity index (χ1n) is 9.17. The lowest BCUT2D eigenvalue weighted by Crippen LogP contribution is -2.33. The third kappa shape index (κ3) is 4.43. The van der Waals surface area contributed by atoms with Crippen molar-refractivity contribution in [3.8, 4) is 11.5 Å². The molecule has 1 saturated heterocycles. The Kier molecular flexibility index (Phi) is 6.16. The summed E-state index contributed by atoms with van der Waals surface area (Å²) < 4.78 is 10.9. The van der Waals surface area contributed by atoms with Crippen LogP contribution in [0.2, 0.25) is 0 Å². The molecule has 2 aromatic rings. The standard InChI is InChI=1S/C21H25N3O4/c1-27-16-9-10-19(28-2)17(12-16)18-4-3-11-24(18)13-20(25)23-15-7-5-14(6-8-15)21(22)26/h5-10,12,18H,3-4,11,13H2,1-2H3,(H2,22,26)(H,23,25)/t18-/m0/s1. The Morgan fingerprint density at radius 2 is 1.89 bits per heavy atom. The zero-order chi connectivity index (χ0) is 20.1. The fourth-order valence-electron chi connectivity index (χ4n) is 3.57. The molecule has 3 N–H and O–H groups in total. The van der Waals surface area contributed by atoms with Crippen molar-refractivity contribution >= 4 is 17.5 Å². The van der Waals surface area contributed by atoms with E-state index in [4.69, 9.17) is 15.2 Å². The maximum atomic E-state index is 12.5. The minimum atomic E-state index is -0.495. The van der Waals surface area contributed by atoms with Crippen molar-refractivity contribution in [1.29, 1.82) is 0 Å². The lowest BCUT2D eigenvalue weighted by molar-refractivity contribution is -0.117. The molecule has 2 amide bonds. The quantitative estimate of drug-likeness (QED) is 0.766. The number of primary amides is 1. The van der Waals surface area contributed by atoms with E-state index in [0.29, 0.717) is 11.3 Å². The summed E-state index contributed by atoms with van der Waals surface area (Å²) in [7, 11) is 3.28. The monoisotopic (exact) mass is 383 g/mol. The van der Waals surface area contributed by atoms with Crippen LogP contribution in [0.3, 0.4) is 0 Å². The van der Waals surface area contributed by atoms with E-state index >= 15 is 0 Å². The van der Waals surface area contributed by atoms with Gasteiger partial charge in [-0.1, -0.05) is 0 Å². The number of carbonyl (C=O) groups is 2. The van der Waals surface area contributed by atoms with Gasteiger partial charge in [0.15, 0.2) is 0 Å². The van der Waals surface area contributed by atoms with Crippen LogP contribution in [0.25, 0.3) is 0 Å². The van der Waals surface area contributed by atoms with E-state index in [-0.39, 0.29) is 18.5 Å². The first kappa shape index (κ1) is 19.7. The predicted octanol–water partition coefficient (Wildman–Crippen LogP) is 2.58. The Morgan fingerprint density at radius 1 is 1.14 bits per heavy atom. The highest BCUT2D eigenvalue weighted by molar-refractivity contribution is 5.95. The number of hydrogen-bond donors (Lipinski definition) is 2. The highest BCUT2D eigenvalue weighted by atomic mass is 16.5. The molecule has 0 radical (unpaired) electrons. The molecule has 28 heavy (non-hydrogen) atoms. The van der Waals surface area contributed by atoms with E-state index in [9.17, 15) is 9.59 Å². The molecule has 1 fully saturated rings. The summed E-state index contributed by atoms with van der Waals surface area (Å²) in [6.45, 7) is 1.10. The molecule has 0 unspecified atom stereocenters. The van der Waals surface area contributed by atoms with Crippen molar-refractivity contribution in [3.05, 3.63) is 53.6 Å². The van der Waals surface area contributed by atoms with Gasteiger partial charge < -0.3 is 20.5 Å². The molecule has 3 rings (SSSR count). The molecule has 0 aliphatic carbocycles. The molecule has 148 valence electrons. The highest BCUT2D eigenvalue weighted by Gasteiger charge is 2.30. The van der Waals surface area contributed by atoms with E-state index in [0.717, 1.165) is 36.4 Å². The van der Waals surface area contributed by atoms with E-state index in [1.165, 1.54) is 0 Å². The van der Waals surface area contributed by atoms with Crippen molar-refractivity contribution < 1.29 is 19.1 Å². The minimum Gasteiger partial charge on any atom is -0.497 e. The number of hydrogen-bond acceptors (Lipinski definition) is 5. The maximum Gasteiger partial charge on any atom is 0.248 e. The Morgan fingerprint density at radius 3 is 2.54 bits per heavy atom. The van der Waals surface area contributed by atoms with Crippen LogP contribution in [0.5, 0.6) is 11.5 Å². The number of rotatable bonds is 7. The second-order valence-electron chi connectivity index (χ2n) is 6.73. The van der Waals surface area contributed by atoms with Crippen LogP contribution < -0.4 is 20.5 Å². The second-order valence-corrected chi connectivity index (χ2v) is 6.73. The van der Waals surface area contributed by atoms with Gasteiger partial charge in [-0.2, -0.15) is 0 Å². The molecule has 7 nitrogen and oxygen atoms in total. The molecule has 0 saturated carbocycles. The van der Waals surface area contributed by atoms with E-state index in [2.05, 4.69) is 10.2 Å². The van der Waals surface area contributed by atoms with E-state index in [1.807, 2.05) is 18.2 Å². The normalized spacial score (nSPS) is 16.6. The fourth-order valence-corrected chi connectivity index (χ4v) is 3.57. The smallest absolute Gasteiger partial charge is 0.248 e. The van der Waals surface area contributed by atoms with Gasteiger partial charge in [0.1, 0.15) is 11.5 Å². The fraction of sp³-hybridized carbons (Fsp3) is 0.333. The highest BCUT2D eigenvalue weighted by Crippen LogP contribution is 2.38. The second kappa shape index (κ2) is 8.75. The largest absolute Gasteiger partial charge is 0.497 e. The van der Waals surface area contributed by atoms with Crippen LogP contribution in [0.15, 0.2) is 42.5 Å². The number of benzene rings is 2. The van der Waals surface area contributed by atoms with Gasteiger partial charge in [0.05, 0.1) is 20.8 Å². The Hall–Kier alpha value is -3.06. The summed E-state index contributed by atoms with van der Waals surface area (Å²) >= 11 is 0. The minimum absolute atomic E-state index is 0.0908. The molecule has 2 aromatic carbocycles. The summed E-state index contributed by atoms with van der Waals surface area (Å²) in [6, 6.07) is 12.4. The number of likely N-dealkylation sites (tertiary alicyclic amines) is 1. The first-order valence-corrected chi connectivity index (χ1v) is 9.17. The van der Waals surface area contributed by atoms with Gasteiger partial charge in [-0.25, -0.2) is 0 Å². The summed E-state index contributed by atoms with van der Waals surface area (Å²) in [5.41, 5.74) is 7.30. The molecular weight excluding hydrogens is 358 g/mol. The van der Waals surface area contributed by atoms with Gasteiger partial charge in [-0.3, -0.25) is 14.5 Å². The Bertz CT molecular complexity index is 851. The predicted molar refractivity (Wildman–Crippen MR) is 107 cm³/mol. The number of nitrogens with two attached hydrogens (primary N) is 1. The van der Waals surface area contributed by atoms with E-state index in [1.54, 1.807) is 38.5 Å². The zero-order valence-electron chi connectivity index (χ0n) is 16.1. The van der Waals surface area contributed by atoms with Crippen LogP contribution in [-0.4, -0.2) is 44.0 Å². The lowest BCUT2D eigenvalue weighted by Gasteiger charge is -2.26. The van der Waals surface area contributed by atoms with Gasteiger partial charge in [0.2, 0.25) is 11.8 Å². The average Bonchev–Trinajstić information content (AvgIpc) is 3.15. The SMILES string of the molecule is COc1ccc(OC)c([C@@H]2CCCN2CC(=O)Nc2ccc(C(N)=O)cc2)c1. The van der Waals surface area contributed by atoms with Gasteiger partial charge in [0.25, 0.3) is 0 Å². The summed E-state index contributed by atoms with van der Waals surface area (Å²) in [4.78, 5) is 25.8. The molecule has 0 aromatic heterocycles. The van der Waals surface area contributed by atoms with Crippen molar-refractivity contribution in [2.24, 2.45) is 5.73 Å². The zero-order valence-corrected chi connectivity index (χ0v) is 16.1. The Balaban J connectivity index is 1.69. The van der Waals surface area contributed by atoms with Crippen molar-refractivity contribution in [3.63, 3.8) is 0 Å². The number of carbonyl (C=O) groups excluding carboxylic acids is 2.